The lowest BCUT2D eigenvalue weighted by molar-refractivity contribution is 0.452. The molecule has 2 aliphatic carbocycles. The zero-order valence-corrected chi connectivity index (χ0v) is 32.2. The molecule has 3 heterocycles. The van der Waals surface area contributed by atoms with Crippen LogP contribution in [0.3, 0.4) is 0 Å². The highest BCUT2D eigenvalue weighted by molar-refractivity contribution is 6.09. The van der Waals surface area contributed by atoms with E-state index < -0.39 is 5.41 Å². The molecule has 5 aromatic carbocycles. The predicted molar refractivity (Wildman–Crippen MR) is 241 cm³/mol. The van der Waals surface area contributed by atoms with Gasteiger partial charge >= 0.3 is 0 Å². The zero-order chi connectivity index (χ0) is 38.7. The molecule has 10 rings (SSSR count). The van der Waals surface area contributed by atoms with E-state index >= 15 is 0 Å². The SMILES string of the molecule is C/C=C\c1c(N)n(-c2ccc(-c3ccc(-n4c5ccccc5c5ccccc54)cc3)cc2)c2c3c(ccc12)C(C1=CCNC=C1)(C(/C=C\N)=C/C)C1C=CC=CC31. The Balaban J connectivity index is 1.12. The van der Waals surface area contributed by atoms with Crippen molar-refractivity contribution in [2.24, 2.45) is 11.7 Å². The minimum Gasteiger partial charge on any atom is -0.405 e. The number of hydrogen-bond acceptors (Lipinski definition) is 3. The Bertz CT molecular complexity index is 2880. The lowest BCUT2D eigenvalue weighted by Crippen LogP contribution is -2.37. The van der Waals surface area contributed by atoms with Crippen molar-refractivity contribution in [2.75, 3.05) is 12.3 Å². The third-order valence-electron chi connectivity index (χ3n) is 12.5. The molecule has 0 saturated heterocycles. The number of benzene rings is 5. The molecule has 0 radical (unpaired) electrons. The molecule has 57 heavy (non-hydrogen) atoms. The molecule has 1 aliphatic heterocycles. The monoisotopic (exact) mass is 739 g/mol. The van der Waals surface area contributed by atoms with E-state index in [2.05, 4.69) is 204 Å². The van der Waals surface area contributed by atoms with E-state index in [0.717, 1.165) is 51.3 Å². The quantitative estimate of drug-likeness (QED) is 0.143. The molecular formula is C52H45N5. The summed E-state index contributed by atoms with van der Waals surface area (Å²) in [7, 11) is 0. The third-order valence-corrected chi connectivity index (χ3v) is 12.5. The van der Waals surface area contributed by atoms with Gasteiger partial charge in [0.2, 0.25) is 0 Å². The third kappa shape index (κ3) is 5.01. The molecule has 2 aromatic heterocycles. The number of nitrogen functional groups attached to an aromatic ring is 1. The summed E-state index contributed by atoms with van der Waals surface area (Å²) in [6.45, 7) is 4.95. The maximum atomic E-state index is 7.24. The first-order valence-electron chi connectivity index (χ1n) is 19.9. The van der Waals surface area contributed by atoms with Crippen LogP contribution >= 0.6 is 0 Å². The molecular weight excluding hydrogens is 695 g/mol. The van der Waals surface area contributed by atoms with Gasteiger partial charge in [-0.25, -0.2) is 0 Å². The van der Waals surface area contributed by atoms with Crippen molar-refractivity contribution in [1.82, 2.24) is 14.5 Å². The average molecular weight is 740 g/mol. The molecule has 0 amide bonds. The van der Waals surface area contributed by atoms with E-state index in [1.807, 2.05) is 0 Å². The normalized spacial score (nSPS) is 20.2. The topological polar surface area (TPSA) is 73.9 Å². The predicted octanol–water partition coefficient (Wildman–Crippen LogP) is 11.5. The standard InChI is InChI=1S/C52H45N5/c1-3-11-43-42-26-27-46-49(44-14-5-8-15-45(44)52(46,36(4-2)28-31-53)37-29-32-55-33-30-37)50(42)57(51(43)54)39-24-20-35(21-25-39)34-18-22-38(23-19-34)56-47-16-9-6-12-40(47)41-13-7-10-17-48(41)56/h3-32,44-45,55H,33,53-54H2,1-2H3/b11-3-,31-28-,36-4+. The van der Waals surface area contributed by atoms with Crippen molar-refractivity contribution in [3.05, 3.63) is 204 Å². The molecule has 3 aliphatic rings. The number of anilines is 1. The van der Waals surface area contributed by atoms with Gasteiger partial charge in [-0.05, 0) is 108 Å². The molecule has 0 bridgehead atoms. The molecule has 3 unspecified atom stereocenters. The summed E-state index contributed by atoms with van der Waals surface area (Å²) in [5.74, 6) is 0.998. The number of para-hydroxylation sites is 2. The first-order chi connectivity index (χ1) is 28.1. The molecule has 278 valence electrons. The summed E-state index contributed by atoms with van der Waals surface area (Å²) in [4.78, 5) is 0. The van der Waals surface area contributed by atoms with Crippen LogP contribution in [0.4, 0.5) is 5.82 Å². The van der Waals surface area contributed by atoms with Crippen molar-refractivity contribution >= 4 is 44.6 Å². The van der Waals surface area contributed by atoms with E-state index in [0.29, 0.717) is 0 Å². The van der Waals surface area contributed by atoms with Crippen molar-refractivity contribution in [2.45, 2.75) is 25.2 Å². The number of nitrogens with two attached hydrogens (primary N) is 2. The Morgan fingerprint density at radius 2 is 1.40 bits per heavy atom. The van der Waals surface area contributed by atoms with Crippen LogP contribution in [0.25, 0.3) is 61.3 Å². The second kappa shape index (κ2) is 13.6. The van der Waals surface area contributed by atoms with Gasteiger partial charge in [0.15, 0.2) is 0 Å². The number of nitrogens with one attached hydrogen (secondary N) is 1. The summed E-state index contributed by atoms with van der Waals surface area (Å²) in [6, 6.07) is 39.7. The Morgan fingerprint density at radius 3 is 2.02 bits per heavy atom. The smallest absolute Gasteiger partial charge is 0.116 e. The highest BCUT2D eigenvalue weighted by Gasteiger charge is 2.55. The van der Waals surface area contributed by atoms with Gasteiger partial charge in [0.05, 0.1) is 22.0 Å². The van der Waals surface area contributed by atoms with E-state index in [1.54, 1.807) is 6.20 Å². The average Bonchev–Trinajstić information content (AvgIpc) is 3.87. The van der Waals surface area contributed by atoms with Crippen LogP contribution in [0, 0.1) is 5.92 Å². The Hall–Kier alpha value is -6.98. The van der Waals surface area contributed by atoms with E-state index in [1.165, 1.54) is 44.1 Å². The van der Waals surface area contributed by atoms with Gasteiger partial charge in [0.1, 0.15) is 5.82 Å². The fourth-order valence-corrected chi connectivity index (χ4v) is 10.2. The summed E-state index contributed by atoms with van der Waals surface area (Å²) in [6.07, 6.45) is 26.1. The van der Waals surface area contributed by atoms with Crippen LogP contribution < -0.4 is 16.8 Å². The molecule has 0 saturated carbocycles. The maximum Gasteiger partial charge on any atom is 0.116 e. The van der Waals surface area contributed by atoms with Crippen molar-refractivity contribution in [3.63, 3.8) is 0 Å². The molecule has 5 N–H and O–H groups in total. The summed E-state index contributed by atoms with van der Waals surface area (Å²) >= 11 is 0. The van der Waals surface area contributed by atoms with Gasteiger partial charge in [-0.15, -0.1) is 0 Å². The first-order valence-corrected chi connectivity index (χ1v) is 19.9. The van der Waals surface area contributed by atoms with Gasteiger partial charge in [-0.2, -0.15) is 0 Å². The van der Waals surface area contributed by atoms with E-state index in [4.69, 9.17) is 11.5 Å². The van der Waals surface area contributed by atoms with Gasteiger partial charge in [-0.3, -0.25) is 4.57 Å². The van der Waals surface area contributed by atoms with Crippen LogP contribution in [0.5, 0.6) is 0 Å². The lowest BCUT2D eigenvalue weighted by Gasteiger charge is -2.41. The van der Waals surface area contributed by atoms with Crippen LogP contribution in [0.1, 0.15) is 36.5 Å². The minimum atomic E-state index is -0.446. The number of allylic oxidation sites excluding steroid dienone is 10. The number of hydrogen-bond donors (Lipinski definition) is 3. The molecule has 5 heteroatoms. The van der Waals surface area contributed by atoms with E-state index in [9.17, 15) is 0 Å². The molecule has 0 spiro atoms. The number of fused-ring (bicyclic) bond motifs is 8. The summed E-state index contributed by atoms with van der Waals surface area (Å²) in [5.41, 5.74) is 27.1. The maximum absolute atomic E-state index is 7.24. The van der Waals surface area contributed by atoms with Crippen LogP contribution in [-0.2, 0) is 5.41 Å². The van der Waals surface area contributed by atoms with Crippen molar-refractivity contribution < 1.29 is 0 Å². The van der Waals surface area contributed by atoms with Crippen molar-refractivity contribution in [1.29, 1.82) is 0 Å². The summed E-state index contributed by atoms with van der Waals surface area (Å²) < 4.78 is 4.65. The van der Waals surface area contributed by atoms with E-state index in [-0.39, 0.29) is 11.8 Å². The second-order valence-electron chi connectivity index (χ2n) is 15.2. The van der Waals surface area contributed by atoms with Crippen LogP contribution in [-0.4, -0.2) is 15.7 Å². The molecule has 0 fully saturated rings. The lowest BCUT2D eigenvalue weighted by atomic mass is 9.61. The zero-order valence-electron chi connectivity index (χ0n) is 32.2. The van der Waals surface area contributed by atoms with Gasteiger partial charge in [-0.1, -0.05) is 121 Å². The number of dihydropyridines is 1. The fraction of sp³-hybridized carbons (Fsp3) is 0.115. The first kappa shape index (κ1) is 34.5. The molecule has 3 atom stereocenters. The highest BCUT2D eigenvalue weighted by Crippen LogP contribution is 2.62. The Kier molecular flexibility index (Phi) is 8.26. The number of nitrogens with zero attached hydrogens (tertiary/aromatic N) is 2. The molecule has 5 nitrogen and oxygen atoms in total. The number of aromatic nitrogens is 2. The largest absolute Gasteiger partial charge is 0.405 e. The fourth-order valence-electron chi connectivity index (χ4n) is 10.2. The Labute approximate surface area is 333 Å². The van der Waals surface area contributed by atoms with Gasteiger partial charge in [0, 0.05) is 51.5 Å². The van der Waals surface area contributed by atoms with Crippen LogP contribution in [0.2, 0.25) is 0 Å². The number of rotatable bonds is 7. The van der Waals surface area contributed by atoms with Gasteiger partial charge in [0.25, 0.3) is 0 Å². The van der Waals surface area contributed by atoms with Crippen LogP contribution in [0.15, 0.2) is 187 Å². The highest BCUT2D eigenvalue weighted by atomic mass is 15.1. The Morgan fingerprint density at radius 1 is 0.754 bits per heavy atom. The van der Waals surface area contributed by atoms with Crippen molar-refractivity contribution in [3.8, 4) is 22.5 Å². The van der Waals surface area contributed by atoms with Gasteiger partial charge < -0.3 is 21.4 Å². The minimum absolute atomic E-state index is 0.123. The molecule has 7 aromatic rings. The summed E-state index contributed by atoms with van der Waals surface area (Å²) in [5, 5.41) is 7.06. The second-order valence-corrected chi connectivity index (χ2v) is 15.2.